The van der Waals surface area contributed by atoms with Crippen LogP contribution in [0.3, 0.4) is 0 Å². The van der Waals surface area contributed by atoms with Gasteiger partial charge in [0.2, 0.25) is 0 Å². The van der Waals surface area contributed by atoms with E-state index in [1.54, 1.807) is 0 Å². The number of carbonyl (C=O) groups excluding carboxylic acids is 1. The summed E-state index contributed by atoms with van der Waals surface area (Å²) in [7, 11) is 0. The molecule has 0 radical (unpaired) electrons. The third-order valence-corrected chi connectivity index (χ3v) is 3.56. The number of ketones is 1. The van der Waals surface area contributed by atoms with E-state index in [0.29, 0.717) is 11.4 Å². The molecule has 5 nitrogen and oxygen atoms in total. The molecule has 0 N–H and O–H groups in total. The first-order valence-corrected chi connectivity index (χ1v) is 7.30. The zero-order valence-electron chi connectivity index (χ0n) is 12.9. The van der Waals surface area contributed by atoms with Crippen LogP contribution in [0.1, 0.15) is 12.6 Å². The number of benzene rings is 2. The van der Waals surface area contributed by atoms with Gasteiger partial charge in [-0.2, -0.15) is 5.26 Å². The van der Waals surface area contributed by atoms with Gasteiger partial charge in [-0.05, 0) is 34.4 Å². The number of aromatic nitrogens is 2. The molecule has 1 aromatic heterocycles. The van der Waals surface area contributed by atoms with Crippen LogP contribution < -0.4 is 0 Å². The number of carbonyl (C=O) groups is 1. The highest BCUT2D eigenvalue weighted by Gasteiger charge is 2.13. The molecule has 116 valence electrons. The predicted octanol–water partition coefficient (Wildman–Crippen LogP) is 3.90. The summed E-state index contributed by atoms with van der Waals surface area (Å²) >= 11 is 0. The summed E-state index contributed by atoms with van der Waals surface area (Å²) in [5, 5.41) is 16.7. The summed E-state index contributed by atoms with van der Waals surface area (Å²) < 4.78 is 4.77. The molecule has 1 heterocycles. The minimum absolute atomic E-state index is 0.00727. The molecule has 2 aromatic carbocycles. The van der Waals surface area contributed by atoms with Crippen LogP contribution in [0.2, 0.25) is 0 Å². The molecule has 0 amide bonds. The Kier molecular flexibility index (Phi) is 4.30. The van der Waals surface area contributed by atoms with E-state index in [0.717, 1.165) is 16.7 Å². The van der Waals surface area contributed by atoms with Crippen molar-refractivity contribution in [3.8, 4) is 28.5 Å². The molecule has 0 aliphatic rings. The van der Waals surface area contributed by atoms with Gasteiger partial charge in [-0.15, -0.1) is 0 Å². The van der Waals surface area contributed by atoms with Crippen LogP contribution in [0.4, 0.5) is 0 Å². The fourth-order valence-electron chi connectivity index (χ4n) is 2.29. The lowest BCUT2D eigenvalue weighted by molar-refractivity contribution is -0.113. The van der Waals surface area contributed by atoms with E-state index >= 15 is 0 Å². The van der Waals surface area contributed by atoms with Gasteiger partial charge in [0.05, 0.1) is 5.57 Å². The molecule has 0 spiro atoms. The van der Waals surface area contributed by atoms with Crippen molar-refractivity contribution in [3.05, 3.63) is 65.9 Å². The van der Waals surface area contributed by atoms with E-state index in [4.69, 9.17) is 9.89 Å². The quantitative estimate of drug-likeness (QED) is 0.539. The van der Waals surface area contributed by atoms with E-state index in [-0.39, 0.29) is 11.4 Å². The number of rotatable bonds is 4. The molecule has 0 unspecified atom stereocenters. The van der Waals surface area contributed by atoms with Gasteiger partial charge in [-0.3, -0.25) is 4.79 Å². The van der Waals surface area contributed by atoms with Crippen molar-refractivity contribution in [1.82, 2.24) is 10.3 Å². The number of nitriles is 1. The lowest BCUT2D eigenvalue weighted by atomic mass is 10.0. The fourth-order valence-corrected chi connectivity index (χ4v) is 2.29. The maximum atomic E-state index is 11.4. The summed E-state index contributed by atoms with van der Waals surface area (Å²) in [6.07, 6.45) is 1.39. The highest BCUT2D eigenvalue weighted by Crippen LogP contribution is 2.26. The van der Waals surface area contributed by atoms with Crippen molar-refractivity contribution in [1.29, 1.82) is 5.26 Å². The Bertz CT molecular complexity index is 933. The van der Waals surface area contributed by atoms with E-state index in [1.165, 1.54) is 13.0 Å². The number of Topliss-reactive ketones (excluding diaryl/α,β-unsaturated/α-hetero) is 1. The van der Waals surface area contributed by atoms with E-state index in [1.807, 2.05) is 60.7 Å². The number of nitrogens with zero attached hydrogens (tertiary/aromatic N) is 3. The van der Waals surface area contributed by atoms with Gasteiger partial charge >= 0.3 is 0 Å². The van der Waals surface area contributed by atoms with Gasteiger partial charge < -0.3 is 0 Å². The molecule has 3 aromatic rings. The molecule has 24 heavy (non-hydrogen) atoms. The largest absolute Gasteiger partial charge is 0.294 e. The number of hydrogen-bond donors (Lipinski definition) is 0. The van der Waals surface area contributed by atoms with Crippen molar-refractivity contribution in [2.75, 3.05) is 0 Å². The summed E-state index contributed by atoms with van der Waals surface area (Å²) in [6, 6.07) is 19.6. The van der Waals surface area contributed by atoms with Gasteiger partial charge in [-0.25, -0.2) is 4.63 Å². The van der Waals surface area contributed by atoms with Gasteiger partial charge in [0.15, 0.2) is 5.78 Å². The molecule has 0 fully saturated rings. The van der Waals surface area contributed by atoms with E-state index in [9.17, 15) is 4.79 Å². The van der Waals surface area contributed by atoms with Gasteiger partial charge in [0.1, 0.15) is 17.5 Å². The molecular formula is C19H13N3O2. The molecule has 0 aliphatic heterocycles. The Morgan fingerprint density at radius 3 is 2.25 bits per heavy atom. The lowest BCUT2D eigenvalue weighted by Crippen LogP contribution is -1.94. The Morgan fingerprint density at radius 1 is 1.00 bits per heavy atom. The van der Waals surface area contributed by atoms with Crippen molar-refractivity contribution in [2.24, 2.45) is 0 Å². The molecule has 5 heteroatoms. The van der Waals surface area contributed by atoms with Crippen molar-refractivity contribution in [3.63, 3.8) is 0 Å². The molecule has 0 atom stereocenters. The Labute approximate surface area is 138 Å². The molecule has 0 saturated heterocycles. The first-order chi connectivity index (χ1) is 11.7. The van der Waals surface area contributed by atoms with E-state index < -0.39 is 0 Å². The molecule has 0 saturated carbocycles. The number of allylic oxidation sites excluding steroid dienone is 1. The molecule has 3 rings (SSSR count). The summed E-state index contributed by atoms with van der Waals surface area (Å²) in [5.41, 5.74) is 3.84. The van der Waals surface area contributed by atoms with Crippen LogP contribution in [0.5, 0.6) is 0 Å². The second-order valence-corrected chi connectivity index (χ2v) is 5.17. The predicted molar refractivity (Wildman–Crippen MR) is 89.4 cm³/mol. The average Bonchev–Trinajstić information content (AvgIpc) is 3.08. The smallest absolute Gasteiger partial charge is 0.170 e. The SMILES string of the molecule is CC(=O)/C(C#N)=C/c1nonc1-c1ccc(-c2ccccc2)cc1. The topological polar surface area (TPSA) is 79.8 Å². The van der Waals surface area contributed by atoms with Crippen LogP contribution >= 0.6 is 0 Å². The zero-order valence-corrected chi connectivity index (χ0v) is 12.9. The highest BCUT2D eigenvalue weighted by molar-refractivity contribution is 6.02. The van der Waals surface area contributed by atoms with Crippen molar-refractivity contribution < 1.29 is 9.42 Å². The maximum Gasteiger partial charge on any atom is 0.170 e. The summed E-state index contributed by atoms with van der Waals surface area (Å²) in [6.45, 7) is 1.33. The van der Waals surface area contributed by atoms with Crippen LogP contribution in [0.25, 0.3) is 28.5 Å². The van der Waals surface area contributed by atoms with Gasteiger partial charge in [0.25, 0.3) is 0 Å². The van der Waals surface area contributed by atoms with Crippen LogP contribution in [-0.2, 0) is 4.79 Å². The second-order valence-electron chi connectivity index (χ2n) is 5.17. The van der Waals surface area contributed by atoms with Crippen molar-refractivity contribution in [2.45, 2.75) is 6.92 Å². The van der Waals surface area contributed by atoms with Crippen LogP contribution in [0.15, 0.2) is 64.8 Å². The second kappa shape index (κ2) is 6.71. The minimum Gasteiger partial charge on any atom is -0.294 e. The standard InChI is InChI=1S/C19H13N3O2/c1-13(23)17(12-20)11-18-19(22-24-21-18)16-9-7-15(8-10-16)14-5-3-2-4-6-14/h2-11H,1H3/b17-11+. The minimum atomic E-state index is -0.328. The Balaban J connectivity index is 1.96. The van der Waals surface area contributed by atoms with Crippen LogP contribution in [0, 0.1) is 11.3 Å². The third kappa shape index (κ3) is 3.13. The van der Waals surface area contributed by atoms with Gasteiger partial charge in [0, 0.05) is 5.56 Å². The summed E-state index contributed by atoms with van der Waals surface area (Å²) in [4.78, 5) is 11.4. The molecule has 0 aliphatic carbocycles. The Hall–Kier alpha value is -3.52. The normalized spacial score (nSPS) is 11.1. The first kappa shape index (κ1) is 15.4. The van der Waals surface area contributed by atoms with Crippen LogP contribution in [-0.4, -0.2) is 16.1 Å². The average molecular weight is 315 g/mol. The van der Waals surface area contributed by atoms with Crippen molar-refractivity contribution >= 4 is 11.9 Å². The number of hydrogen-bond acceptors (Lipinski definition) is 5. The first-order valence-electron chi connectivity index (χ1n) is 7.30. The fraction of sp³-hybridized carbons (Fsp3) is 0.0526. The zero-order chi connectivity index (χ0) is 16.9. The molecule has 0 bridgehead atoms. The monoisotopic (exact) mass is 315 g/mol. The summed E-state index contributed by atoms with van der Waals surface area (Å²) in [5.74, 6) is -0.328. The molecular weight excluding hydrogens is 302 g/mol. The highest BCUT2D eigenvalue weighted by atomic mass is 16.6. The third-order valence-electron chi connectivity index (χ3n) is 3.56. The lowest BCUT2D eigenvalue weighted by Gasteiger charge is -2.03. The van der Waals surface area contributed by atoms with E-state index in [2.05, 4.69) is 10.3 Å². The Morgan fingerprint density at radius 2 is 1.62 bits per heavy atom. The maximum absolute atomic E-state index is 11.4. The van der Waals surface area contributed by atoms with Gasteiger partial charge in [-0.1, -0.05) is 54.6 Å².